The summed E-state index contributed by atoms with van der Waals surface area (Å²) in [6, 6.07) is 8.28. The van der Waals surface area contributed by atoms with E-state index in [1.165, 1.54) is 0 Å². The van der Waals surface area contributed by atoms with Crippen LogP contribution in [0.2, 0.25) is 0 Å². The first-order valence-corrected chi connectivity index (χ1v) is 10.6. The molecule has 0 saturated carbocycles. The molecule has 30 heavy (non-hydrogen) atoms. The van der Waals surface area contributed by atoms with E-state index in [1.807, 2.05) is 29.2 Å². The molecule has 2 heterocycles. The second-order valence-electron chi connectivity index (χ2n) is 7.82. The highest BCUT2D eigenvalue weighted by molar-refractivity contribution is 14.0. The number of guanidine groups is 1. The van der Waals surface area contributed by atoms with Crippen LogP contribution in [-0.2, 0) is 11.3 Å². The van der Waals surface area contributed by atoms with Crippen molar-refractivity contribution >= 4 is 29.9 Å². The molecule has 8 heteroatoms. The van der Waals surface area contributed by atoms with E-state index in [0.717, 1.165) is 56.5 Å². The molecule has 2 aromatic rings. The Morgan fingerprint density at radius 1 is 1.30 bits per heavy atom. The van der Waals surface area contributed by atoms with Gasteiger partial charge in [0.2, 0.25) is 0 Å². The number of nitrogens with one attached hydrogen (secondary N) is 2. The molecule has 7 nitrogen and oxygen atoms in total. The van der Waals surface area contributed by atoms with Crippen LogP contribution in [0, 0.1) is 5.92 Å². The van der Waals surface area contributed by atoms with Gasteiger partial charge in [-0.25, -0.2) is 9.98 Å². The molecule has 1 aliphatic heterocycles. The average Bonchev–Trinajstić information content (AvgIpc) is 3.25. The Hall–Kier alpha value is -1.65. The summed E-state index contributed by atoms with van der Waals surface area (Å²) in [7, 11) is 0. The Bertz CT molecular complexity index is 765. The van der Waals surface area contributed by atoms with E-state index in [-0.39, 0.29) is 30.1 Å². The van der Waals surface area contributed by atoms with Crippen LogP contribution < -0.4 is 10.6 Å². The van der Waals surface area contributed by atoms with Crippen LogP contribution in [0.1, 0.15) is 26.3 Å². The first-order valence-electron chi connectivity index (χ1n) is 10.6. The zero-order chi connectivity index (χ0) is 20.5. The number of aliphatic imine (C=N–C) groups is 1. The maximum atomic E-state index is 5.95. The third-order valence-electron chi connectivity index (χ3n) is 4.87. The van der Waals surface area contributed by atoms with E-state index in [1.54, 1.807) is 6.20 Å². The van der Waals surface area contributed by atoms with E-state index in [9.17, 15) is 0 Å². The van der Waals surface area contributed by atoms with Gasteiger partial charge in [0.05, 0.1) is 31.3 Å². The van der Waals surface area contributed by atoms with Gasteiger partial charge < -0.3 is 19.9 Å². The highest BCUT2D eigenvalue weighted by atomic mass is 127. The van der Waals surface area contributed by atoms with E-state index in [0.29, 0.717) is 12.5 Å². The SMILES string of the molecule is CCNC(=NCc1ccccc1-n1ccnc1)NCC1CN(CC(C)C)CCO1.I. The van der Waals surface area contributed by atoms with Gasteiger partial charge in [0, 0.05) is 45.1 Å². The molecule has 1 aliphatic rings. The smallest absolute Gasteiger partial charge is 0.191 e. The van der Waals surface area contributed by atoms with Crippen LogP contribution >= 0.6 is 24.0 Å². The van der Waals surface area contributed by atoms with Gasteiger partial charge in [-0.1, -0.05) is 32.0 Å². The fourth-order valence-electron chi connectivity index (χ4n) is 3.60. The van der Waals surface area contributed by atoms with Gasteiger partial charge in [-0.05, 0) is 24.5 Å². The largest absolute Gasteiger partial charge is 0.374 e. The summed E-state index contributed by atoms with van der Waals surface area (Å²) in [5.41, 5.74) is 2.25. The van der Waals surface area contributed by atoms with Crippen LogP contribution in [0.25, 0.3) is 5.69 Å². The number of hydrogen-bond donors (Lipinski definition) is 2. The minimum Gasteiger partial charge on any atom is -0.374 e. The average molecular weight is 526 g/mol. The highest BCUT2D eigenvalue weighted by Gasteiger charge is 2.21. The van der Waals surface area contributed by atoms with Crippen LogP contribution in [-0.4, -0.2) is 65.8 Å². The van der Waals surface area contributed by atoms with Crippen molar-refractivity contribution in [2.24, 2.45) is 10.9 Å². The minimum absolute atomic E-state index is 0. The molecule has 0 amide bonds. The molecular weight excluding hydrogens is 491 g/mol. The van der Waals surface area contributed by atoms with Gasteiger partial charge >= 0.3 is 0 Å². The maximum Gasteiger partial charge on any atom is 0.191 e. The lowest BCUT2D eigenvalue weighted by molar-refractivity contribution is -0.0284. The van der Waals surface area contributed by atoms with E-state index < -0.39 is 0 Å². The Labute approximate surface area is 197 Å². The van der Waals surface area contributed by atoms with Crippen molar-refractivity contribution in [3.8, 4) is 5.69 Å². The standard InChI is InChI=1S/C22H34N6O.HI/c1-4-24-22(26-14-20-16-27(11-12-29-20)15-18(2)3)25-13-19-7-5-6-8-21(19)28-10-9-23-17-28;/h5-10,17-18,20H,4,11-16H2,1-3H3,(H2,24,25,26);1H. The van der Waals surface area contributed by atoms with Gasteiger partial charge in [0.15, 0.2) is 5.96 Å². The van der Waals surface area contributed by atoms with Gasteiger partial charge in [-0.3, -0.25) is 4.90 Å². The maximum absolute atomic E-state index is 5.95. The fraction of sp³-hybridized carbons (Fsp3) is 0.545. The molecule has 1 saturated heterocycles. The number of halogens is 1. The van der Waals surface area contributed by atoms with Crippen LogP contribution in [0.5, 0.6) is 0 Å². The number of rotatable bonds is 8. The summed E-state index contributed by atoms with van der Waals surface area (Å²) in [6.07, 6.45) is 5.74. The molecule has 166 valence electrons. The summed E-state index contributed by atoms with van der Waals surface area (Å²) >= 11 is 0. The number of aromatic nitrogens is 2. The second-order valence-corrected chi connectivity index (χ2v) is 7.82. The number of para-hydroxylation sites is 1. The molecule has 1 atom stereocenters. The number of benzene rings is 1. The quantitative estimate of drug-likeness (QED) is 0.315. The third-order valence-corrected chi connectivity index (χ3v) is 4.87. The molecule has 1 unspecified atom stereocenters. The third kappa shape index (κ3) is 7.55. The Morgan fingerprint density at radius 3 is 2.87 bits per heavy atom. The number of hydrogen-bond acceptors (Lipinski definition) is 4. The molecule has 1 aromatic heterocycles. The van der Waals surface area contributed by atoms with Crippen molar-refractivity contribution in [2.45, 2.75) is 33.4 Å². The van der Waals surface area contributed by atoms with Crippen molar-refractivity contribution in [1.29, 1.82) is 0 Å². The first kappa shape index (κ1) is 24.6. The molecular formula is C22H35IN6O. The lowest BCUT2D eigenvalue weighted by atomic mass is 10.2. The van der Waals surface area contributed by atoms with Crippen molar-refractivity contribution in [1.82, 2.24) is 25.1 Å². The molecule has 0 aliphatic carbocycles. The molecule has 0 bridgehead atoms. The number of imidazole rings is 1. The number of nitrogens with zero attached hydrogens (tertiary/aromatic N) is 4. The van der Waals surface area contributed by atoms with E-state index >= 15 is 0 Å². The Kier molecular flexibility index (Phi) is 10.6. The molecule has 1 fully saturated rings. The summed E-state index contributed by atoms with van der Waals surface area (Å²) < 4.78 is 7.97. The van der Waals surface area contributed by atoms with Gasteiger partial charge in [-0.15, -0.1) is 24.0 Å². The van der Waals surface area contributed by atoms with Crippen molar-refractivity contribution < 1.29 is 4.74 Å². The molecule has 0 spiro atoms. The highest BCUT2D eigenvalue weighted by Crippen LogP contribution is 2.15. The van der Waals surface area contributed by atoms with Crippen LogP contribution in [0.15, 0.2) is 48.0 Å². The predicted octanol–water partition coefficient (Wildman–Crippen LogP) is 2.90. The summed E-state index contributed by atoms with van der Waals surface area (Å²) in [4.78, 5) is 11.4. The Morgan fingerprint density at radius 2 is 2.13 bits per heavy atom. The monoisotopic (exact) mass is 526 g/mol. The molecule has 3 rings (SSSR count). The van der Waals surface area contributed by atoms with Gasteiger partial charge in [0.25, 0.3) is 0 Å². The van der Waals surface area contributed by atoms with Crippen LogP contribution in [0.4, 0.5) is 0 Å². The first-order chi connectivity index (χ1) is 14.2. The predicted molar refractivity (Wildman–Crippen MR) is 133 cm³/mol. The van der Waals surface area contributed by atoms with Crippen molar-refractivity contribution in [3.63, 3.8) is 0 Å². The summed E-state index contributed by atoms with van der Waals surface area (Å²) in [5.74, 6) is 1.49. The fourth-order valence-corrected chi connectivity index (χ4v) is 3.60. The van der Waals surface area contributed by atoms with Crippen molar-refractivity contribution in [2.75, 3.05) is 39.3 Å². The second kappa shape index (κ2) is 12.9. The normalized spacial score (nSPS) is 17.6. The Balaban J connectivity index is 0.00000320. The lowest BCUT2D eigenvalue weighted by Gasteiger charge is -2.34. The van der Waals surface area contributed by atoms with Gasteiger partial charge in [-0.2, -0.15) is 0 Å². The van der Waals surface area contributed by atoms with Crippen molar-refractivity contribution in [3.05, 3.63) is 48.5 Å². The summed E-state index contributed by atoms with van der Waals surface area (Å²) in [6.45, 7) is 12.7. The zero-order valence-corrected chi connectivity index (χ0v) is 20.6. The van der Waals surface area contributed by atoms with E-state index in [2.05, 4.69) is 53.4 Å². The molecule has 2 N–H and O–H groups in total. The number of morpholine rings is 1. The zero-order valence-electron chi connectivity index (χ0n) is 18.3. The van der Waals surface area contributed by atoms with E-state index in [4.69, 9.17) is 9.73 Å². The van der Waals surface area contributed by atoms with Crippen LogP contribution in [0.3, 0.4) is 0 Å². The topological polar surface area (TPSA) is 66.7 Å². The minimum atomic E-state index is 0. The number of ether oxygens (including phenoxy) is 1. The molecule has 1 aromatic carbocycles. The molecule has 0 radical (unpaired) electrons. The lowest BCUT2D eigenvalue weighted by Crippen LogP contribution is -2.50. The van der Waals surface area contributed by atoms with Gasteiger partial charge in [0.1, 0.15) is 0 Å². The summed E-state index contributed by atoms with van der Waals surface area (Å²) in [5, 5.41) is 6.80.